The summed E-state index contributed by atoms with van der Waals surface area (Å²) in [6.07, 6.45) is 0.456. The van der Waals surface area contributed by atoms with Gasteiger partial charge in [0.2, 0.25) is 0 Å². The summed E-state index contributed by atoms with van der Waals surface area (Å²) in [4.78, 5) is 27.0. The molecule has 5 nitrogen and oxygen atoms in total. The van der Waals surface area contributed by atoms with Crippen LogP contribution in [0.5, 0.6) is 0 Å². The zero-order chi connectivity index (χ0) is 16.4. The lowest BCUT2D eigenvalue weighted by Crippen LogP contribution is -2.35. The molecule has 1 aromatic heterocycles. The van der Waals surface area contributed by atoms with Gasteiger partial charge in [0, 0.05) is 24.4 Å². The third kappa shape index (κ3) is 4.16. The number of carboxylic acids is 1. The van der Waals surface area contributed by atoms with E-state index < -0.39 is 5.97 Å². The molecule has 0 aliphatic rings. The summed E-state index contributed by atoms with van der Waals surface area (Å²) in [5.41, 5.74) is 2.06. The van der Waals surface area contributed by atoms with Crippen molar-refractivity contribution in [3.05, 3.63) is 27.4 Å². The van der Waals surface area contributed by atoms with E-state index in [1.54, 1.807) is 11.5 Å². The zero-order valence-electron chi connectivity index (χ0n) is 13.9. The maximum Gasteiger partial charge on any atom is 0.347 e. The molecule has 0 saturated carbocycles. The molecule has 1 aromatic rings. The quantitative estimate of drug-likeness (QED) is 0.875. The molecular weight excluding hydrogens is 268 g/mol. The lowest BCUT2D eigenvalue weighted by Gasteiger charge is -2.31. The van der Waals surface area contributed by atoms with E-state index in [-0.39, 0.29) is 17.5 Å². The average molecular weight is 294 g/mol. The van der Waals surface area contributed by atoms with Gasteiger partial charge in [-0.25, -0.2) is 4.79 Å². The third-order valence-electron chi connectivity index (χ3n) is 4.49. The Balaban J connectivity index is 3.24. The van der Waals surface area contributed by atoms with Gasteiger partial charge < -0.3 is 5.11 Å². The largest absolute Gasteiger partial charge is 0.481 e. The van der Waals surface area contributed by atoms with Gasteiger partial charge in [-0.1, -0.05) is 27.7 Å². The summed E-state index contributed by atoms with van der Waals surface area (Å²) in [7, 11) is 0. The van der Waals surface area contributed by atoms with Gasteiger partial charge in [-0.2, -0.15) is 4.98 Å². The zero-order valence-corrected chi connectivity index (χ0v) is 13.9. The molecule has 1 heterocycles. The molecule has 0 radical (unpaired) electrons. The SMILES string of the molecule is Cc1nc(=O)n(CC(C)(C)C(C)C)c(C)c1CCC(=O)O. The lowest BCUT2D eigenvalue weighted by molar-refractivity contribution is -0.136. The Labute approximate surface area is 126 Å². The van der Waals surface area contributed by atoms with Crippen LogP contribution in [0.4, 0.5) is 0 Å². The molecule has 0 bridgehead atoms. The third-order valence-corrected chi connectivity index (χ3v) is 4.49. The molecule has 1 N–H and O–H groups in total. The fraction of sp³-hybridized carbons (Fsp3) is 0.688. The molecule has 118 valence electrons. The van der Waals surface area contributed by atoms with Crippen molar-refractivity contribution < 1.29 is 9.90 Å². The fourth-order valence-corrected chi connectivity index (χ4v) is 2.21. The van der Waals surface area contributed by atoms with Crippen LogP contribution < -0.4 is 5.69 Å². The maximum absolute atomic E-state index is 12.2. The molecule has 0 fully saturated rings. The van der Waals surface area contributed by atoms with Gasteiger partial charge >= 0.3 is 11.7 Å². The number of aromatic nitrogens is 2. The van der Waals surface area contributed by atoms with Crippen molar-refractivity contribution in [3.63, 3.8) is 0 Å². The van der Waals surface area contributed by atoms with E-state index in [0.29, 0.717) is 24.6 Å². The minimum absolute atomic E-state index is 0.0322. The second-order valence-electron chi connectivity index (χ2n) is 6.67. The summed E-state index contributed by atoms with van der Waals surface area (Å²) in [6.45, 7) is 12.7. The molecule has 0 aromatic carbocycles. The Morgan fingerprint density at radius 1 is 1.33 bits per heavy atom. The van der Waals surface area contributed by atoms with Gasteiger partial charge in [-0.15, -0.1) is 0 Å². The van der Waals surface area contributed by atoms with E-state index in [9.17, 15) is 9.59 Å². The number of hydrogen-bond acceptors (Lipinski definition) is 3. The number of rotatable bonds is 6. The Bertz CT molecular complexity index is 586. The Hall–Kier alpha value is -1.65. The average Bonchev–Trinajstić information content (AvgIpc) is 2.33. The number of carbonyl (C=O) groups is 1. The minimum Gasteiger partial charge on any atom is -0.481 e. The van der Waals surface area contributed by atoms with Crippen LogP contribution in [0.2, 0.25) is 0 Å². The standard InChI is InChI=1S/C16H26N2O3/c1-10(2)16(5,6)9-18-12(4)13(7-8-14(19)20)11(3)17-15(18)21/h10H,7-9H2,1-6H3,(H,19,20). The van der Waals surface area contributed by atoms with Gasteiger partial charge in [0.05, 0.1) is 0 Å². The highest BCUT2D eigenvalue weighted by atomic mass is 16.4. The molecule has 0 spiro atoms. The van der Waals surface area contributed by atoms with Crippen molar-refractivity contribution in [1.82, 2.24) is 9.55 Å². The second-order valence-corrected chi connectivity index (χ2v) is 6.67. The molecule has 0 saturated heterocycles. The van der Waals surface area contributed by atoms with Gasteiger partial charge in [-0.3, -0.25) is 9.36 Å². The first-order valence-corrected chi connectivity index (χ1v) is 7.35. The number of nitrogens with zero attached hydrogens (tertiary/aromatic N) is 2. The van der Waals surface area contributed by atoms with Crippen LogP contribution in [-0.2, 0) is 17.8 Å². The molecule has 21 heavy (non-hydrogen) atoms. The molecular formula is C16H26N2O3. The van der Waals surface area contributed by atoms with Crippen LogP contribution >= 0.6 is 0 Å². The van der Waals surface area contributed by atoms with E-state index in [1.165, 1.54) is 0 Å². The molecule has 0 atom stereocenters. The minimum atomic E-state index is -0.839. The van der Waals surface area contributed by atoms with Crippen molar-refractivity contribution in [2.45, 2.75) is 60.9 Å². The molecule has 0 amide bonds. The van der Waals surface area contributed by atoms with Crippen LogP contribution in [-0.4, -0.2) is 20.6 Å². The normalized spacial score (nSPS) is 12.0. The molecule has 0 unspecified atom stereocenters. The van der Waals surface area contributed by atoms with Crippen LogP contribution in [0.15, 0.2) is 4.79 Å². The van der Waals surface area contributed by atoms with Gasteiger partial charge in [-0.05, 0) is 37.2 Å². The van der Waals surface area contributed by atoms with Crippen LogP contribution in [0.3, 0.4) is 0 Å². The van der Waals surface area contributed by atoms with Gasteiger partial charge in [0.1, 0.15) is 0 Å². The first-order chi connectivity index (χ1) is 9.56. The highest BCUT2D eigenvalue weighted by Gasteiger charge is 2.25. The number of carboxylic acid groups (broad SMARTS) is 1. The Morgan fingerprint density at radius 3 is 2.38 bits per heavy atom. The van der Waals surface area contributed by atoms with E-state index in [0.717, 1.165) is 11.3 Å². The molecule has 1 rings (SSSR count). The predicted molar refractivity (Wildman–Crippen MR) is 82.5 cm³/mol. The van der Waals surface area contributed by atoms with Crippen molar-refractivity contribution in [3.8, 4) is 0 Å². The van der Waals surface area contributed by atoms with E-state index in [4.69, 9.17) is 5.11 Å². The first-order valence-electron chi connectivity index (χ1n) is 7.35. The van der Waals surface area contributed by atoms with Crippen LogP contribution in [0.25, 0.3) is 0 Å². The van der Waals surface area contributed by atoms with E-state index >= 15 is 0 Å². The van der Waals surface area contributed by atoms with Crippen molar-refractivity contribution in [2.24, 2.45) is 11.3 Å². The van der Waals surface area contributed by atoms with Crippen LogP contribution in [0.1, 0.15) is 51.1 Å². The molecule has 0 aliphatic heterocycles. The van der Waals surface area contributed by atoms with Gasteiger partial charge in [0.15, 0.2) is 0 Å². The van der Waals surface area contributed by atoms with E-state index in [1.807, 2.05) is 6.92 Å². The number of aryl methyl sites for hydroxylation is 1. The summed E-state index contributed by atoms with van der Waals surface area (Å²) in [6, 6.07) is 0. The van der Waals surface area contributed by atoms with E-state index in [2.05, 4.69) is 32.7 Å². The summed E-state index contributed by atoms with van der Waals surface area (Å²) >= 11 is 0. The Kier molecular flexibility index (Phi) is 5.31. The Morgan fingerprint density at radius 2 is 1.90 bits per heavy atom. The van der Waals surface area contributed by atoms with Crippen molar-refractivity contribution in [2.75, 3.05) is 0 Å². The van der Waals surface area contributed by atoms with Gasteiger partial charge in [0.25, 0.3) is 0 Å². The molecule has 0 aliphatic carbocycles. The van der Waals surface area contributed by atoms with Crippen molar-refractivity contribution >= 4 is 5.97 Å². The maximum atomic E-state index is 12.2. The smallest absolute Gasteiger partial charge is 0.347 e. The fourth-order valence-electron chi connectivity index (χ4n) is 2.21. The lowest BCUT2D eigenvalue weighted by atomic mass is 9.81. The highest BCUT2D eigenvalue weighted by Crippen LogP contribution is 2.28. The van der Waals surface area contributed by atoms with Crippen LogP contribution in [0, 0.1) is 25.2 Å². The number of hydrogen-bond donors (Lipinski definition) is 1. The summed E-state index contributed by atoms with van der Waals surface area (Å²) in [5.74, 6) is -0.415. The second kappa shape index (κ2) is 6.41. The highest BCUT2D eigenvalue weighted by molar-refractivity contribution is 5.67. The first kappa shape index (κ1) is 17.4. The molecule has 5 heteroatoms. The predicted octanol–water partition coefficient (Wildman–Crippen LogP) is 2.56. The number of aliphatic carboxylic acids is 1. The van der Waals surface area contributed by atoms with Crippen molar-refractivity contribution in [1.29, 1.82) is 0 Å². The summed E-state index contributed by atoms with van der Waals surface area (Å²) < 4.78 is 1.68. The monoisotopic (exact) mass is 294 g/mol. The summed E-state index contributed by atoms with van der Waals surface area (Å²) in [5, 5.41) is 8.85. The topological polar surface area (TPSA) is 72.2 Å².